The molecule has 0 aromatic heterocycles. The van der Waals surface area contributed by atoms with E-state index < -0.39 is 0 Å². The summed E-state index contributed by atoms with van der Waals surface area (Å²) in [5.41, 5.74) is 6.60. The third kappa shape index (κ3) is 2.35. The van der Waals surface area contributed by atoms with Crippen molar-refractivity contribution in [2.75, 3.05) is 13.2 Å². The zero-order valence-corrected chi connectivity index (χ0v) is 9.58. The minimum atomic E-state index is -0.193. The molecule has 0 aliphatic heterocycles. The zero-order valence-electron chi connectivity index (χ0n) is 9.58. The average Bonchev–Trinajstić information content (AvgIpc) is 3.06. The predicted molar refractivity (Wildman–Crippen MR) is 62.1 cm³/mol. The van der Waals surface area contributed by atoms with Gasteiger partial charge in [-0.25, -0.2) is 4.39 Å². The van der Waals surface area contributed by atoms with E-state index in [-0.39, 0.29) is 5.82 Å². The van der Waals surface area contributed by atoms with Crippen LogP contribution in [-0.4, -0.2) is 13.2 Å². The Morgan fingerprint density at radius 2 is 2.31 bits per heavy atom. The quantitative estimate of drug-likeness (QED) is 0.833. The van der Waals surface area contributed by atoms with Gasteiger partial charge in [-0.3, -0.25) is 0 Å². The largest absolute Gasteiger partial charge is 0.493 e. The lowest BCUT2D eigenvalue weighted by atomic mass is 10.1. The Morgan fingerprint density at radius 1 is 1.50 bits per heavy atom. The minimum Gasteiger partial charge on any atom is -0.493 e. The van der Waals surface area contributed by atoms with Crippen molar-refractivity contribution in [2.24, 2.45) is 11.7 Å². The van der Waals surface area contributed by atoms with Gasteiger partial charge in [0.2, 0.25) is 0 Å². The van der Waals surface area contributed by atoms with Gasteiger partial charge in [0.25, 0.3) is 0 Å². The van der Waals surface area contributed by atoms with Gasteiger partial charge in [-0.1, -0.05) is 6.92 Å². The summed E-state index contributed by atoms with van der Waals surface area (Å²) in [6.45, 7) is 3.41. The highest BCUT2D eigenvalue weighted by Gasteiger charge is 2.38. The van der Waals surface area contributed by atoms with Crippen LogP contribution in [0.15, 0.2) is 18.2 Å². The third-order valence-electron chi connectivity index (χ3n) is 3.06. The van der Waals surface area contributed by atoms with Crippen LogP contribution in [0.5, 0.6) is 5.75 Å². The van der Waals surface area contributed by atoms with Crippen molar-refractivity contribution < 1.29 is 9.13 Å². The molecule has 0 amide bonds. The van der Waals surface area contributed by atoms with Crippen LogP contribution in [0.2, 0.25) is 0 Å². The Balaban J connectivity index is 2.16. The number of rotatable bonds is 5. The van der Waals surface area contributed by atoms with Crippen molar-refractivity contribution in [1.29, 1.82) is 0 Å². The van der Waals surface area contributed by atoms with Crippen LogP contribution in [0.1, 0.15) is 31.2 Å². The lowest BCUT2D eigenvalue weighted by Crippen LogP contribution is -2.04. The van der Waals surface area contributed by atoms with Crippen molar-refractivity contribution >= 4 is 0 Å². The molecule has 1 fully saturated rings. The molecule has 0 saturated heterocycles. The summed E-state index contributed by atoms with van der Waals surface area (Å²) in [6.07, 6.45) is 2.02. The fourth-order valence-electron chi connectivity index (χ4n) is 2.04. The van der Waals surface area contributed by atoms with Crippen molar-refractivity contribution in [3.05, 3.63) is 29.6 Å². The normalized spacial score (nSPS) is 23.2. The number of ether oxygens (including phenoxy) is 1. The molecule has 0 spiro atoms. The second-order valence-electron chi connectivity index (χ2n) is 4.37. The lowest BCUT2D eigenvalue weighted by Gasteiger charge is -2.10. The van der Waals surface area contributed by atoms with Gasteiger partial charge in [-0.2, -0.15) is 0 Å². The van der Waals surface area contributed by atoms with Gasteiger partial charge in [-0.05, 0) is 49.4 Å². The van der Waals surface area contributed by atoms with Gasteiger partial charge in [0.1, 0.15) is 11.6 Å². The summed E-state index contributed by atoms with van der Waals surface area (Å²) >= 11 is 0. The summed E-state index contributed by atoms with van der Waals surface area (Å²) in [7, 11) is 0. The molecule has 3 heteroatoms. The molecule has 2 atom stereocenters. The molecule has 1 aliphatic carbocycles. The summed E-state index contributed by atoms with van der Waals surface area (Å²) < 4.78 is 18.8. The van der Waals surface area contributed by atoms with Crippen LogP contribution >= 0.6 is 0 Å². The Kier molecular flexibility index (Phi) is 3.44. The van der Waals surface area contributed by atoms with Crippen LogP contribution in [0.3, 0.4) is 0 Å². The molecule has 16 heavy (non-hydrogen) atoms. The highest BCUT2D eigenvalue weighted by atomic mass is 19.1. The number of hydrogen-bond donors (Lipinski definition) is 1. The van der Waals surface area contributed by atoms with E-state index in [0.717, 1.165) is 24.2 Å². The number of benzene rings is 1. The monoisotopic (exact) mass is 223 g/mol. The predicted octanol–water partition coefficient (Wildman–Crippen LogP) is 2.68. The Bertz CT molecular complexity index is 367. The first-order valence-electron chi connectivity index (χ1n) is 5.88. The van der Waals surface area contributed by atoms with E-state index in [9.17, 15) is 4.39 Å². The highest BCUT2D eigenvalue weighted by molar-refractivity contribution is 5.40. The molecule has 1 saturated carbocycles. The van der Waals surface area contributed by atoms with E-state index in [0.29, 0.717) is 25.0 Å². The highest BCUT2D eigenvalue weighted by Crippen LogP contribution is 2.49. The molecule has 2 N–H and O–H groups in total. The van der Waals surface area contributed by atoms with Crippen LogP contribution in [-0.2, 0) is 0 Å². The van der Waals surface area contributed by atoms with Crippen LogP contribution in [0, 0.1) is 11.7 Å². The molecular formula is C13H18FNO. The number of halogens is 1. The Labute approximate surface area is 95.6 Å². The maximum atomic E-state index is 13.2. The van der Waals surface area contributed by atoms with Gasteiger partial charge >= 0.3 is 0 Å². The second kappa shape index (κ2) is 4.83. The van der Waals surface area contributed by atoms with Crippen molar-refractivity contribution in [1.82, 2.24) is 0 Å². The molecule has 2 unspecified atom stereocenters. The topological polar surface area (TPSA) is 35.2 Å². The molecule has 1 aromatic carbocycles. The van der Waals surface area contributed by atoms with E-state index in [2.05, 4.69) is 6.92 Å². The first kappa shape index (κ1) is 11.4. The van der Waals surface area contributed by atoms with E-state index >= 15 is 0 Å². The summed E-state index contributed by atoms with van der Waals surface area (Å²) in [5, 5.41) is 0. The van der Waals surface area contributed by atoms with Gasteiger partial charge in [0.15, 0.2) is 0 Å². The molecule has 0 bridgehead atoms. The zero-order chi connectivity index (χ0) is 11.5. The van der Waals surface area contributed by atoms with E-state index in [1.165, 1.54) is 6.07 Å². The lowest BCUT2D eigenvalue weighted by molar-refractivity contribution is 0.313. The molecule has 0 heterocycles. The summed E-state index contributed by atoms with van der Waals surface area (Å²) in [4.78, 5) is 0. The molecule has 2 rings (SSSR count). The van der Waals surface area contributed by atoms with Crippen molar-refractivity contribution in [3.63, 3.8) is 0 Å². The molecule has 2 nitrogen and oxygen atoms in total. The van der Waals surface area contributed by atoms with Gasteiger partial charge in [0.05, 0.1) is 6.61 Å². The average molecular weight is 223 g/mol. The number of hydrogen-bond acceptors (Lipinski definition) is 2. The third-order valence-corrected chi connectivity index (χ3v) is 3.06. The summed E-state index contributed by atoms with van der Waals surface area (Å²) in [6, 6.07) is 4.77. The SMILES string of the molecule is CCCOc1ccc(F)cc1C1CC1CN. The second-order valence-corrected chi connectivity index (χ2v) is 4.37. The molecule has 88 valence electrons. The maximum Gasteiger partial charge on any atom is 0.123 e. The first-order chi connectivity index (χ1) is 7.76. The van der Waals surface area contributed by atoms with Gasteiger partial charge in [0, 0.05) is 5.56 Å². The molecule has 1 aliphatic rings. The number of nitrogens with two attached hydrogens (primary N) is 1. The maximum absolute atomic E-state index is 13.2. The minimum absolute atomic E-state index is 0.193. The fourth-order valence-corrected chi connectivity index (χ4v) is 2.04. The van der Waals surface area contributed by atoms with E-state index in [1.807, 2.05) is 0 Å². The summed E-state index contributed by atoms with van der Waals surface area (Å²) in [5.74, 6) is 1.53. The van der Waals surface area contributed by atoms with Crippen molar-refractivity contribution in [2.45, 2.75) is 25.7 Å². The van der Waals surface area contributed by atoms with Crippen LogP contribution in [0.4, 0.5) is 4.39 Å². The molecule has 1 aromatic rings. The molecular weight excluding hydrogens is 205 g/mol. The van der Waals surface area contributed by atoms with Gasteiger partial charge in [-0.15, -0.1) is 0 Å². The van der Waals surface area contributed by atoms with Crippen molar-refractivity contribution in [3.8, 4) is 5.75 Å². The van der Waals surface area contributed by atoms with Gasteiger partial charge < -0.3 is 10.5 Å². The molecule has 0 radical (unpaired) electrons. The fraction of sp³-hybridized carbons (Fsp3) is 0.538. The first-order valence-corrected chi connectivity index (χ1v) is 5.88. The standard InChI is InChI=1S/C13H18FNO/c1-2-5-16-13-4-3-10(14)7-12(13)11-6-9(11)8-15/h3-4,7,9,11H,2,5-6,8,15H2,1H3. The van der Waals surface area contributed by atoms with E-state index in [4.69, 9.17) is 10.5 Å². The Morgan fingerprint density at radius 3 is 2.94 bits per heavy atom. The van der Waals surface area contributed by atoms with Crippen LogP contribution < -0.4 is 10.5 Å². The van der Waals surface area contributed by atoms with E-state index in [1.54, 1.807) is 12.1 Å². The van der Waals surface area contributed by atoms with Crippen LogP contribution in [0.25, 0.3) is 0 Å². The smallest absolute Gasteiger partial charge is 0.123 e. The Hall–Kier alpha value is -1.09.